The van der Waals surface area contributed by atoms with E-state index in [1.54, 1.807) is 4.90 Å². The molecule has 0 spiro atoms. The van der Waals surface area contributed by atoms with Crippen LogP contribution in [0.1, 0.15) is 18.4 Å². The molecule has 1 aliphatic heterocycles. The third-order valence-electron chi connectivity index (χ3n) is 3.79. The summed E-state index contributed by atoms with van der Waals surface area (Å²) in [5.74, 6) is 0.634. The third-order valence-corrected chi connectivity index (χ3v) is 3.79. The summed E-state index contributed by atoms with van der Waals surface area (Å²) in [7, 11) is 0. The van der Waals surface area contributed by atoms with Gasteiger partial charge in [-0.1, -0.05) is 18.2 Å². The number of hydrogen-bond donors (Lipinski definition) is 1. The number of para-hydroxylation sites is 1. The van der Waals surface area contributed by atoms with Crippen molar-refractivity contribution >= 4 is 17.3 Å². The Kier molecular flexibility index (Phi) is 3.52. The van der Waals surface area contributed by atoms with Gasteiger partial charge in [-0.3, -0.25) is 4.79 Å². The van der Waals surface area contributed by atoms with E-state index in [-0.39, 0.29) is 11.8 Å². The molecule has 0 radical (unpaired) electrons. The highest BCUT2D eigenvalue weighted by Crippen LogP contribution is 2.35. The van der Waals surface area contributed by atoms with Crippen molar-refractivity contribution in [3.05, 3.63) is 54.1 Å². The Morgan fingerprint density at radius 3 is 2.67 bits per heavy atom. The second-order valence-corrected chi connectivity index (χ2v) is 5.08. The highest BCUT2D eigenvalue weighted by atomic mass is 16.5. The number of nitrogens with zero attached hydrogens (tertiary/aromatic N) is 1. The van der Waals surface area contributed by atoms with Gasteiger partial charge in [0.15, 0.2) is 0 Å². The lowest BCUT2D eigenvalue weighted by Gasteiger charge is -2.24. The molecule has 0 bridgehead atoms. The van der Waals surface area contributed by atoms with Crippen molar-refractivity contribution in [2.45, 2.75) is 12.8 Å². The van der Waals surface area contributed by atoms with E-state index < -0.39 is 0 Å². The Balaban J connectivity index is 1.88. The van der Waals surface area contributed by atoms with Gasteiger partial charge < -0.3 is 15.4 Å². The third kappa shape index (κ3) is 2.44. The maximum atomic E-state index is 12.8. The fraction of sp³-hybridized carbons (Fsp3) is 0.235. The average molecular weight is 282 g/mol. The molecule has 2 N–H and O–H groups in total. The molecule has 0 fully saturated rings. The van der Waals surface area contributed by atoms with Crippen molar-refractivity contribution in [3.63, 3.8) is 0 Å². The van der Waals surface area contributed by atoms with E-state index in [0.717, 1.165) is 17.0 Å². The standard InChI is InChI=1S/C17H18N2O2/c1-2-19(13-9-7-12(18)8-10-13)17(20)15-11-21-16-6-4-3-5-14(15)16/h3-10,15H,2,11,18H2,1H3. The Morgan fingerprint density at radius 1 is 1.24 bits per heavy atom. The predicted octanol–water partition coefficient (Wildman–Crippen LogP) is 2.80. The molecule has 2 aromatic rings. The molecule has 1 aliphatic rings. The minimum absolute atomic E-state index is 0.0622. The SMILES string of the molecule is CCN(C(=O)C1COc2ccccc21)c1ccc(N)cc1. The van der Waals surface area contributed by atoms with Gasteiger partial charge >= 0.3 is 0 Å². The first-order chi connectivity index (χ1) is 10.2. The normalized spacial score (nSPS) is 16.1. The summed E-state index contributed by atoms with van der Waals surface area (Å²) >= 11 is 0. The molecule has 1 unspecified atom stereocenters. The lowest BCUT2D eigenvalue weighted by atomic mass is 9.99. The molecule has 21 heavy (non-hydrogen) atoms. The van der Waals surface area contributed by atoms with Crippen LogP contribution in [0.2, 0.25) is 0 Å². The summed E-state index contributed by atoms with van der Waals surface area (Å²) in [6.45, 7) is 2.99. The van der Waals surface area contributed by atoms with E-state index in [4.69, 9.17) is 10.5 Å². The number of hydrogen-bond acceptors (Lipinski definition) is 3. The summed E-state index contributed by atoms with van der Waals surface area (Å²) in [6, 6.07) is 15.1. The number of likely N-dealkylation sites (N-methyl/N-ethyl adjacent to an activating group) is 1. The van der Waals surface area contributed by atoms with E-state index >= 15 is 0 Å². The van der Waals surface area contributed by atoms with Crippen LogP contribution in [0, 0.1) is 0 Å². The molecular weight excluding hydrogens is 264 g/mol. The Hall–Kier alpha value is -2.49. The maximum Gasteiger partial charge on any atom is 0.238 e. The predicted molar refractivity (Wildman–Crippen MR) is 83.6 cm³/mol. The van der Waals surface area contributed by atoms with Gasteiger partial charge in [0.2, 0.25) is 5.91 Å². The minimum atomic E-state index is -0.237. The first kappa shape index (κ1) is 13.5. The molecule has 1 atom stereocenters. The zero-order chi connectivity index (χ0) is 14.8. The maximum absolute atomic E-state index is 12.8. The Morgan fingerprint density at radius 2 is 1.95 bits per heavy atom. The topological polar surface area (TPSA) is 55.6 Å². The molecule has 0 aliphatic carbocycles. The van der Waals surface area contributed by atoms with Crippen LogP contribution in [-0.4, -0.2) is 19.1 Å². The van der Waals surface area contributed by atoms with Gasteiger partial charge in [0.25, 0.3) is 0 Å². The number of nitrogens with two attached hydrogens (primary N) is 1. The molecule has 1 amide bonds. The fourth-order valence-electron chi connectivity index (χ4n) is 2.68. The number of amides is 1. The number of rotatable bonds is 3. The quantitative estimate of drug-likeness (QED) is 0.881. The average Bonchev–Trinajstić information content (AvgIpc) is 2.94. The smallest absolute Gasteiger partial charge is 0.238 e. The van der Waals surface area contributed by atoms with E-state index in [1.165, 1.54) is 0 Å². The van der Waals surface area contributed by atoms with E-state index in [0.29, 0.717) is 18.8 Å². The first-order valence-corrected chi connectivity index (χ1v) is 7.09. The summed E-state index contributed by atoms with van der Waals surface area (Å²) in [5, 5.41) is 0. The van der Waals surface area contributed by atoms with Crippen LogP contribution in [0.3, 0.4) is 0 Å². The second kappa shape index (κ2) is 5.48. The van der Waals surface area contributed by atoms with Gasteiger partial charge in [-0.25, -0.2) is 0 Å². The van der Waals surface area contributed by atoms with Crippen molar-refractivity contribution in [3.8, 4) is 5.75 Å². The molecule has 3 rings (SSSR count). The minimum Gasteiger partial charge on any atom is -0.492 e. The zero-order valence-electron chi connectivity index (χ0n) is 12.0. The largest absolute Gasteiger partial charge is 0.492 e. The molecule has 2 aromatic carbocycles. The number of carbonyl (C=O) groups excluding carboxylic acids is 1. The van der Waals surface area contributed by atoms with Crippen molar-refractivity contribution in [1.82, 2.24) is 0 Å². The molecular formula is C17H18N2O2. The van der Waals surface area contributed by atoms with E-state index in [2.05, 4.69) is 0 Å². The number of nitrogen functional groups attached to an aromatic ring is 1. The Labute approximate surface area is 124 Å². The second-order valence-electron chi connectivity index (χ2n) is 5.08. The fourth-order valence-corrected chi connectivity index (χ4v) is 2.68. The summed E-state index contributed by atoms with van der Waals surface area (Å²) in [5.41, 5.74) is 8.23. The van der Waals surface area contributed by atoms with E-state index in [1.807, 2.05) is 55.5 Å². The lowest BCUT2D eigenvalue weighted by molar-refractivity contribution is -0.120. The van der Waals surface area contributed by atoms with Gasteiger partial charge in [-0.2, -0.15) is 0 Å². The van der Waals surface area contributed by atoms with Crippen molar-refractivity contribution in [2.24, 2.45) is 0 Å². The van der Waals surface area contributed by atoms with Crippen LogP contribution < -0.4 is 15.4 Å². The van der Waals surface area contributed by atoms with Crippen molar-refractivity contribution in [2.75, 3.05) is 23.8 Å². The summed E-state index contributed by atoms with van der Waals surface area (Å²) in [4.78, 5) is 14.6. The molecule has 4 heteroatoms. The highest BCUT2D eigenvalue weighted by molar-refractivity contribution is 5.99. The highest BCUT2D eigenvalue weighted by Gasteiger charge is 2.33. The van der Waals surface area contributed by atoms with Gasteiger partial charge in [-0.05, 0) is 37.3 Å². The van der Waals surface area contributed by atoms with Gasteiger partial charge in [0, 0.05) is 23.5 Å². The molecule has 0 saturated heterocycles. The molecule has 4 nitrogen and oxygen atoms in total. The van der Waals surface area contributed by atoms with Crippen LogP contribution >= 0.6 is 0 Å². The number of anilines is 2. The van der Waals surface area contributed by atoms with Crippen LogP contribution in [0.4, 0.5) is 11.4 Å². The lowest BCUT2D eigenvalue weighted by Crippen LogP contribution is -2.35. The van der Waals surface area contributed by atoms with Crippen LogP contribution in [-0.2, 0) is 4.79 Å². The summed E-state index contributed by atoms with van der Waals surface area (Å²) in [6.07, 6.45) is 0. The summed E-state index contributed by atoms with van der Waals surface area (Å²) < 4.78 is 5.61. The number of ether oxygens (including phenoxy) is 1. The number of fused-ring (bicyclic) bond motifs is 1. The van der Waals surface area contributed by atoms with Gasteiger partial charge in [0.05, 0.1) is 0 Å². The molecule has 0 saturated carbocycles. The van der Waals surface area contributed by atoms with E-state index in [9.17, 15) is 4.79 Å². The number of benzene rings is 2. The first-order valence-electron chi connectivity index (χ1n) is 7.09. The Bertz CT molecular complexity index is 652. The molecule has 1 heterocycles. The van der Waals surface area contributed by atoms with Crippen LogP contribution in [0.25, 0.3) is 0 Å². The van der Waals surface area contributed by atoms with Crippen molar-refractivity contribution in [1.29, 1.82) is 0 Å². The molecule has 0 aromatic heterocycles. The monoisotopic (exact) mass is 282 g/mol. The molecule has 108 valence electrons. The van der Waals surface area contributed by atoms with Gasteiger partial charge in [-0.15, -0.1) is 0 Å². The zero-order valence-corrected chi connectivity index (χ0v) is 12.0. The van der Waals surface area contributed by atoms with Gasteiger partial charge in [0.1, 0.15) is 18.3 Å². The van der Waals surface area contributed by atoms with Crippen LogP contribution in [0.5, 0.6) is 5.75 Å². The number of carbonyl (C=O) groups is 1. The van der Waals surface area contributed by atoms with Crippen molar-refractivity contribution < 1.29 is 9.53 Å². The van der Waals surface area contributed by atoms with Crippen LogP contribution in [0.15, 0.2) is 48.5 Å².